The van der Waals surface area contributed by atoms with E-state index in [0.717, 1.165) is 0 Å². The van der Waals surface area contributed by atoms with Crippen LogP contribution in [0.2, 0.25) is 0 Å². The second kappa shape index (κ2) is 4.24. The Morgan fingerprint density at radius 2 is 2.24 bits per heavy atom. The summed E-state index contributed by atoms with van der Waals surface area (Å²) in [5.41, 5.74) is 2.43. The van der Waals surface area contributed by atoms with E-state index >= 15 is 0 Å². The van der Waals surface area contributed by atoms with Crippen molar-refractivity contribution in [3.63, 3.8) is 0 Å². The molecule has 3 rings (SSSR count). The van der Waals surface area contributed by atoms with Gasteiger partial charge in [0.05, 0.1) is 12.2 Å². The molecule has 0 amide bonds. The molecule has 1 aliphatic carbocycles. The molecule has 0 bridgehead atoms. The van der Waals surface area contributed by atoms with Gasteiger partial charge in [-0.05, 0) is 25.3 Å². The van der Waals surface area contributed by atoms with E-state index in [4.69, 9.17) is 0 Å². The van der Waals surface area contributed by atoms with Crippen molar-refractivity contribution in [1.82, 2.24) is 14.3 Å². The van der Waals surface area contributed by atoms with Gasteiger partial charge < -0.3 is 4.57 Å². The highest BCUT2D eigenvalue weighted by atomic mass is 15.2. The molecule has 17 heavy (non-hydrogen) atoms. The molecule has 1 atom stereocenters. The molecular weight excluding hydrogens is 210 g/mol. The topological polar surface area (TPSA) is 22.8 Å². The van der Waals surface area contributed by atoms with Crippen LogP contribution in [0.3, 0.4) is 0 Å². The highest BCUT2D eigenvalue weighted by molar-refractivity contribution is 5.60. The number of hydrogen-bond acceptors (Lipinski definition) is 1. The van der Waals surface area contributed by atoms with E-state index in [1.807, 2.05) is 17.9 Å². The van der Waals surface area contributed by atoms with Crippen molar-refractivity contribution in [3.8, 4) is 11.1 Å². The van der Waals surface area contributed by atoms with E-state index in [1.54, 1.807) is 0 Å². The fourth-order valence-corrected chi connectivity index (χ4v) is 2.40. The van der Waals surface area contributed by atoms with Gasteiger partial charge in [0.15, 0.2) is 0 Å². The van der Waals surface area contributed by atoms with Crippen molar-refractivity contribution in [2.24, 2.45) is 7.05 Å². The largest absolute Gasteiger partial charge is 0.347 e. The average molecular weight is 227 g/mol. The molecule has 88 valence electrons. The summed E-state index contributed by atoms with van der Waals surface area (Å²) < 4.78 is 4.14. The van der Waals surface area contributed by atoms with Gasteiger partial charge in [-0.15, -0.1) is 0 Å². The van der Waals surface area contributed by atoms with Crippen LogP contribution in [0.15, 0.2) is 43.0 Å². The van der Waals surface area contributed by atoms with Gasteiger partial charge in [0.25, 0.3) is 0 Å². The fraction of sp³-hybridized carbons (Fsp3) is 0.357. The van der Waals surface area contributed by atoms with Crippen LogP contribution < -0.4 is 0 Å². The van der Waals surface area contributed by atoms with Gasteiger partial charge in [-0.25, -0.2) is 0 Å². The van der Waals surface area contributed by atoms with Crippen LogP contribution in [0.25, 0.3) is 11.1 Å². The Balaban J connectivity index is 1.87. The first-order valence-electron chi connectivity index (χ1n) is 6.16. The van der Waals surface area contributed by atoms with Gasteiger partial charge in [-0.3, -0.25) is 4.68 Å². The highest BCUT2D eigenvalue weighted by Crippen LogP contribution is 2.26. The lowest BCUT2D eigenvalue weighted by Gasteiger charge is -2.17. The van der Waals surface area contributed by atoms with Crippen molar-refractivity contribution in [3.05, 3.63) is 43.0 Å². The fourth-order valence-electron chi connectivity index (χ4n) is 2.40. The zero-order valence-corrected chi connectivity index (χ0v) is 10.1. The highest BCUT2D eigenvalue weighted by Gasteiger charge is 2.11. The molecule has 0 saturated carbocycles. The summed E-state index contributed by atoms with van der Waals surface area (Å²) >= 11 is 0. The second-order valence-electron chi connectivity index (χ2n) is 4.68. The molecule has 0 aromatic carbocycles. The Morgan fingerprint density at radius 1 is 1.29 bits per heavy atom. The molecule has 2 heterocycles. The van der Waals surface area contributed by atoms with Gasteiger partial charge in [-0.2, -0.15) is 5.10 Å². The summed E-state index contributed by atoms with van der Waals surface area (Å²) in [6, 6.07) is 2.70. The molecule has 0 fully saturated rings. The quantitative estimate of drug-likeness (QED) is 0.722. The van der Waals surface area contributed by atoms with E-state index in [2.05, 4.69) is 46.5 Å². The molecule has 1 unspecified atom stereocenters. The van der Waals surface area contributed by atoms with Crippen molar-refractivity contribution in [2.45, 2.75) is 25.3 Å². The van der Waals surface area contributed by atoms with E-state index in [0.29, 0.717) is 6.04 Å². The van der Waals surface area contributed by atoms with Gasteiger partial charge >= 0.3 is 0 Å². The number of rotatable bonds is 2. The lowest BCUT2D eigenvalue weighted by Crippen LogP contribution is -2.06. The molecule has 0 N–H and O–H groups in total. The Morgan fingerprint density at radius 3 is 2.94 bits per heavy atom. The Labute approximate surface area is 101 Å². The first-order valence-corrected chi connectivity index (χ1v) is 6.16. The van der Waals surface area contributed by atoms with Crippen molar-refractivity contribution in [2.75, 3.05) is 0 Å². The Kier molecular flexibility index (Phi) is 2.59. The van der Waals surface area contributed by atoms with E-state index in [1.165, 1.54) is 30.4 Å². The van der Waals surface area contributed by atoms with Crippen LogP contribution in [-0.2, 0) is 7.05 Å². The Hall–Kier alpha value is -1.77. The molecule has 0 aliphatic heterocycles. The van der Waals surface area contributed by atoms with Crippen molar-refractivity contribution >= 4 is 0 Å². The smallest absolute Gasteiger partial charge is 0.0568 e. The summed E-state index contributed by atoms with van der Waals surface area (Å²) in [5, 5.41) is 4.21. The molecule has 0 saturated heterocycles. The lowest BCUT2D eigenvalue weighted by molar-refractivity contribution is 0.520. The molecule has 3 heteroatoms. The number of allylic oxidation sites excluding steroid dienone is 2. The van der Waals surface area contributed by atoms with Crippen LogP contribution >= 0.6 is 0 Å². The maximum absolute atomic E-state index is 4.21. The minimum Gasteiger partial charge on any atom is -0.347 e. The van der Waals surface area contributed by atoms with Crippen LogP contribution in [0, 0.1) is 0 Å². The van der Waals surface area contributed by atoms with Gasteiger partial charge in [-0.1, -0.05) is 12.2 Å². The first kappa shape index (κ1) is 10.4. The second-order valence-corrected chi connectivity index (χ2v) is 4.68. The summed E-state index contributed by atoms with van der Waals surface area (Å²) in [5.74, 6) is 0. The minimum atomic E-state index is 0.536. The van der Waals surface area contributed by atoms with Gasteiger partial charge in [0.2, 0.25) is 0 Å². The third-order valence-electron chi connectivity index (χ3n) is 3.36. The normalized spacial score (nSPS) is 19.7. The van der Waals surface area contributed by atoms with Crippen LogP contribution in [-0.4, -0.2) is 14.3 Å². The molecule has 0 spiro atoms. The summed E-state index contributed by atoms with van der Waals surface area (Å²) in [6.45, 7) is 0. The van der Waals surface area contributed by atoms with E-state index in [9.17, 15) is 0 Å². The molecular formula is C14H17N3. The third-order valence-corrected chi connectivity index (χ3v) is 3.36. The summed E-state index contributed by atoms with van der Waals surface area (Å²) in [4.78, 5) is 0. The Bertz CT molecular complexity index is 533. The number of hydrogen-bond donors (Lipinski definition) is 0. The van der Waals surface area contributed by atoms with Crippen LogP contribution in [0.1, 0.15) is 25.3 Å². The zero-order valence-electron chi connectivity index (χ0n) is 10.1. The molecule has 2 aromatic heterocycles. The van der Waals surface area contributed by atoms with Crippen molar-refractivity contribution in [1.29, 1.82) is 0 Å². The van der Waals surface area contributed by atoms with Crippen molar-refractivity contribution < 1.29 is 0 Å². The summed E-state index contributed by atoms with van der Waals surface area (Å²) in [7, 11) is 1.95. The predicted octanol–water partition coefficient (Wildman–Crippen LogP) is 3.17. The molecule has 0 radical (unpaired) electrons. The number of nitrogens with zero attached hydrogens (tertiary/aromatic N) is 3. The maximum atomic E-state index is 4.21. The average Bonchev–Trinajstić information content (AvgIpc) is 2.98. The molecule has 2 aromatic rings. The minimum absolute atomic E-state index is 0.536. The number of aromatic nitrogens is 3. The standard InChI is InChI=1S/C14H17N3/c1-16-10-13(9-15-16)12-7-8-17(11-12)14-5-3-2-4-6-14/h3,5,7-11,14H,2,4,6H2,1H3. The first-order chi connectivity index (χ1) is 8.33. The zero-order chi connectivity index (χ0) is 11.7. The third kappa shape index (κ3) is 2.05. The maximum Gasteiger partial charge on any atom is 0.0568 e. The van der Waals surface area contributed by atoms with E-state index < -0.39 is 0 Å². The van der Waals surface area contributed by atoms with Crippen LogP contribution in [0.4, 0.5) is 0 Å². The molecule has 1 aliphatic rings. The monoisotopic (exact) mass is 227 g/mol. The summed E-state index contributed by atoms with van der Waals surface area (Å²) in [6.07, 6.45) is 16.7. The SMILES string of the molecule is Cn1cc(-c2ccn(C3C=CCCC3)c2)cn1. The lowest BCUT2D eigenvalue weighted by atomic mass is 10.0. The number of aryl methyl sites for hydroxylation is 1. The van der Waals surface area contributed by atoms with E-state index in [-0.39, 0.29) is 0 Å². The van der Waals surface area contributed by atoms with Gasteiger partial charge in [0.1, 0.15) is 0 Å². The molecule has 3 nitrogen and oxygen atoms in total. The predicted molar refractivity (Wildman–Crippen MR) is 68.7 cm³/mol. The van der Waals surface area contributed by atoms with Crippen LogP contribution in [0.5, 0.6) is 0 Å². The van der Waals surface area contributed by atoms with Gasteiger partial charge in [0, 0.05) is 36.8 Å².